The predicted molar refractivity (Wildman–Crippen MR) is 100 cm³/mol. The first-order valence-electron chi connectivity index (χ1n) is 8.67. The van der Waals surface area contributed by atoms with Gasteiger partial charge in [-0.3, -0.25) is 0 Å². The number of alkyl carbamates (subject to hydrolysis) is 1. The van der Waals surface area contributed by atoms with E-state index in [0.29, 0.717) is 6.54 Å². The fraction of sp³-hybridized carbons (Fsp3) is 0.944. The van der Waals surface area contributed by atoms with Gasteiger partial charge in [0, 0.05) is 13.2 Å². The van der Waals surface area contributed by atoms with Crippen LogP contribution in [0.2, 0.25) is 18.1 Å². The highest BCUT2D eigenvalue weighted by atomic mass is 28.4. The summed E-state index contributed by atoms with van der Waals surface area (Å²) >= 11 is 0. The monoisotopic (exact) mass is 345 g/mol. The number of carbonyl (C=O) groups excluding carboxylic acids is 1. The van der Waals surface area contributed by atoms with Gasteiger partial charge in [0.05, 0.1) is 0 Å². The summed E-state index contributed by atoms with van der Waals surface area (Å²) in [4.78, 5) is 11.7. The second kappa shape index (κ2) is 8.02. The van der Waals surface area contributed by atoms with Crippen molar-refractivity contribution < 1.29 is 14.0 Å². The second-order valence-electron chi connectivity index (χ2n) is 9.73. The maximum absolute atomic E-state index is 11.7. The van der Waals surface area contributed by atoms with E-state index in [-0.39, 0.29) is 16.5 Å². The molecule has 1 N–H and O–H groups in total. The van der Waals surface area contributed by atoms with Crippen LogP contribution in [0.3, 0.4) is 0 Å². The number of carbonyl (C=O) groups is 1. The van der Waals surface area contributed by atoms with Crippen molar-refractivity contribution in [2.45, 2.75) is 92.0 Å². The summed E-state index contributed by atoms with van der Waals surface area (Å²) in [7, 11) is -1.65. The second-order valence-corrected chi connectivity index (χ2v) is 14.5. The third kappa shape index (κ3) is 10.0. The van der Waals surface area contributed by atoms with Crippen LogP contribution in [0.15, 0.2) is 0 Å². The Balaban J connectivity index is 4.13. The van der Waals surface area contributed by atoms with E-state index in [1.807, 2.05) is 20.8 Å². The number of rotatable bonds is 7. The third-order valence-corrected chi connectivity index (χ3v) is 8.92. The molecule has 0 aliphatic carbocycles. The minimum atomic E-state index is -1.65. The molecule has 0 bridgehead atoms. The van der Waals surface area contributed by atoms with E-state index >= 15 is 0 Å². The molecule has 23 heavy (non-hydrogen) atoms. The first kappa shape index (κ1) is 22.4. The van der Waals surface area contributed by atoms with Crippen LogP contribution in [0.1, 0.15) is 68.2 Å². The van der Waals surface area contributed by atoms with E-state index in [1.54, 1.807) is 0 Å². The molecule has 0 aromatic heterocycles. The average Bonchev–Trinajstić information content (AvgIpc) is 2.29. The number of ether oxygens (including phenoxy) is 1. The number of nitrogens with one attached hydrogen (secondary N) is 1. The molecule has 0 saturated carbocycles. The van der Waals surface area contributed by atoms with Gasteiger partial charge in [-0.25, -0.2) is 4.79 Å². The Kier molecular flexibility index (Phi) is 7.82. The highest BCUT2D eigenvalue weighted by Gasteiger charge is 2.36. The van der Waals surface area contributed by atoms with E-state index in [2.05, 4.69) is 53.0 Å². The van der Waals surface area contributed by atoms with E-state index in [4.69, 9.17) is 9.16 Å². The molecule has 0 aromatic carbocycles. The zero-order chi connectivity index (χ0) is 18.5. The van der Waals surface area contributed by atoms with Gasteiger partial charge in [0.15, 0.2) is 8.32 Å². The van der Waals surface area contributed by atoms with Crippen LogP contribution in [0.25, 0.3) is 0 Å². The predicted octanol–water partition coefficient (Wildman–Crippen LogP) is 5.34. The van der Waals surface area contributed by atoms with Crippen molar-refractivity contribution in [2.24, 2.45) is 5.41 Å². The maximum atomic E-state index is 11.7. The molecule has 0 radical (unpaired) electrons. The van der Waals surface area contributed by atoms with Crippen molar-refractivity contribution >= 4 is 14.4 Å². The van der Waals surface area contributed by atoms with Crippen molar-refractivity contribution in [1.82, 2.24) is 5.32 Å². The standard InChI is InChI=1S/C18H39NO3Si/c1-16(2,3)22-15(20)19-14-18(7,8)12-11-13-21-23(9,10)17(4,5)6/h11-14H2,1-10H3,(H,19,20). The van der Waals surface area contributed by atoms with Gasteiger partial charge in [-0.2, -0.15) is 0 Å². The molecule has 5 heteroatoms. The van der Waals surface area contributed by atoms with Gasteiger partial charge < -0.3 is 14.5 Å². The zero-order valence-corrected chi connectivity index (χ0v) is 18.1. The third-order valence-electron chi connectivity index (χ3n) is 4.38. The van der Waals surface area contributed by atoms with Crippen molar-refractivity contribution in [2.75, 3.05) is 13.2 Å². The minimum Gasteiger partial charge on any atom is -0.444 e. The van der Waals surface area contributed by atoms with E-state index in [1.165, 1.54) is 0 Å². The molecule has 0 atom stereocenters. The summed E-state index contributed by atoms with van der Waals surface area (Å²) in [5, 5.41) is 3.12. The summed E-state index contributed by atoms with van der Waals surface area (Å²) in [6, 6.07) is 0. The molecule has 1 amide bonds. The quantitative estimate of drug-likeness (QED) is 0.500. The van der Waals surface area contributed by atoms with Gasteiger partial charge in [0.1, 0.15) is 5.60 Å². The Morgan fingerprint density at radius 1 is 1.00 bits per heavy atom. The summed E-state index contributed by atoms with van der Waals surface area (Å²) in [6.07, 6.45) is 1.68. The number of amides is 1. The first-order valence-corrected chi connectivity index (χ1v) is 11.6. The molecule has 138 valence electrons. The largest absolute Gasteiger partial charge is 0.444 e. The Morgan fingerprint density at radius 3 is 1.96 bits per heavy atom. The highest BCUT2D eigenvalue weighted by Crippen LogP contribution is 2.36. The zero-order valence-electron chi connectivity index (χ0n) is 17.1. The van der Waals surface area contributed by atoms with E-state index in [0.717, 1.165) is 19.4 Å². The molecule has 0 aromatic rings. The van der Waals surface area contributed by atoms with Crippen LogP contribution in [0.4, 0.5) is 4.79 Å². The van der Waals surface area contributed by atoms with Crippen molar-refractivity contribution in [1.29, 1.82) is 0 Å². The lowest BCUT2D eigenvalue weighted by Gasteiger charge is -2.36. The lowest BCUT2D eigenvalue weighted by Crippen LogP contribution is -2.41. The fourth-order valence-corrected chi connectivity index (χ4v) is 2.90. The SMILES string of the molecule is CC(C)(CCCO[Si](C)(C)C(C)(C)C)CNC(=O)OC(C)(C)C. The molecule has 0 aliphatic heterocycles. The summed E-state index contributed by atoms with van der Waals surface area (Å²) in [5.41, 5.74) is -0.418. The van der Waals surface area contributed by atoms with Crippen LogP contribution in [-0.4, -0.2) is 33.2 Å². The molecule has 0 rings (SSSR count). The summed E-state index contributed by atoms with van der Waals surface area (Å²) < 4.78 is 11.5. The molecule has 4 nitrogen and oxygen atoms in total. The summed E-state index contributed by atoms with van der Waals surface area (Å²) in [6.45, 7) is 22.7. The Labute approximate surface area is 144 Å². The molecule has 0 saturated heterocycles. The molecule has 0 fully saturated rings. The van der Waals surface area contributed by atoms with Crippen LogP contribution < -0.4 is 5.32 Å². The topological polar surface area (TPSA) is 47.6 Å². The van der Waals surface area contributed by atoms with Gasteiger partial charge in [-0.05, 0) is 57.2 Å². The molecular formula is C18H39NO3Si. The van der Waals surface area contributed by atoms with Gasteiger partial charge in [0.25, 0.3) is 0 Å². The first-order chi connectivity index (χ1) is 10.1. The van der Waals surface area contributed by atoms with Crippen molar-refractivity contribution in [3.8, 4) is 0 Å². The molecule has 0 heterocycles. The molecule has 0 aliphatic rings. The molecule has 0 unspecified atom stereocenters. The lowest BCUT2D eigenvalue weighted by atomic mass is 9.88. The fourth-order valence-electron chi connectivity index (χ4n) is 1.81. The maximum Gasteiger partial charge on any atom is 0.407 e. The van der Waals surface area contributed by atoms with E-state index in [9.17, 15) is 4.79 Å². The van der Waals surface area contributed by atoms with Crippen molar-refractivity contribution in [3.05, 3.63) is 0 Å². The highest BCUT2D eigenvalue weighted by molar-refractivity contribution is 6.74. The van der Waals surface area contributed by atoms with Gasteiger partial charge in [-0.15, -0.1) is 0 Å². The Morgan fingerprint density at radius 2 is 1.52 bits per heavy atom. The van der Waals surface area contributed by atoms with Crippen molar-refractivity contribution in [3.63, 3.8) is 0 Å². The minimum absolute atomic E-state index is 0.0354. The van der Waals surface area contributed by atoms with Gasteiger partial charge >= 0.3 is 6.09 Å². The lowest BCUT2D eigenvalue weighted by molar-refractivity contribution is 0.0503. The molecular weight excluding hydrogens is 306 g/mol. The van der Waals surface area contributed by atoms with E-state index < -0.39 is 13.9 Å². The van der Waals surface area contributed by atoms with Gasteiger partial charge in [0.2, 0.25) is 0 Å². The molecule has 0 spiro atoms. The normalized spacial score (nSPS) is 13.8. The van der Waals surface area contributed by atoms with Crippen LogP contribution in [0.5, 0.6) is 0 Å². The summed E-state index contributed by atoms with van der Waals surface area (Å²) in [5.74, 6) is 0. The number of hydrogen-bond donors (Lipinski definition) is 1. The Bertz CT molecular complexity index is 379. The average molecular weight is 346 g/mol. The van der Waals surface area contributed by atoms with Gasteiger partial charge in [-0.1, -0.05) is 34.6 Å². The van der Waals surface area contributed by atoms with Crippen LogP contribution in [0, 0.1) is 5.41 Å². The smallest absolute Gasteiger partial charge is 0.407 e. The van der Waals surface area contributed by atoms with Crippen LogP contribution in [-0.2, 0) is 9.16 Å². The Hall–Kier alpha value is -0.553. The van der Waals surface area contributed by atoms with Crippen LogP contribution >= 0.6 is 0 Å². The number of hydrogen-bond acceptors (Lipinski definition) is 3.